The number of halogens is 3. The summed E-state index contributed by atoms with van der Waals surface area (Å²) in [5.74, 6) is -0.652. The maximum atomic E-state index is 13.4. The fourth-order valence-corrected chi connectivity index (χ4v) is 3.86. The van der Waals surface area contributed by atoms with Crippen LogP contribution in [0.4, 0.5) is 24.5 Å². The lowest BCUT2D eigenvalue weighted by atomic mass is 10.1. The highest BCUT2D eigenvalue weighted by Crippen LogP contribution is 2.31. The number of nitrogens with zero attached hydrogens (tertiary/aromatic N) is 4. The third-order valence-electron chi connectivity index (χ3n) is 5.49. The van der Waals surface area contributed by atoms with Crippen LogP contribution < -0.4 is 19.7 Å². The number of nitriles is 1. The van der Waals surface area contributed by atoms with Crippen molar-refractivity contribution in [3.8, 4) is 17.6 Å². The van der Waals surface area contributed by atoms with Crippen molar-refractivity contribution in [1.82, 2.24) is 9.78 Å². The fraction of sp³-hybridized carbons (Fsp3) is 0.250. The van der Waals surface area contributed by atoms with E-state index in [9.17, 15) is 28.0 Å². The first kappa shape index (κ1) is 24.6. The minimum Gasteiger partial charge on any atom is -0.495 e. The number of ether oxygens (including phenoxy) is 2. The molecule has 4 rings (SSSR count). The van der Waals surface area contributed by atoms with Crippen LogP contribution in [0.2, 0.25) is 0 Å². The zero-order chi connectivity index (χ0) is 26.0. The van der Waals surface area contributed by atoms with Crippen LogP contribution in [0.1, 0.15) is 33.3 Å². The van der Waals surface area contributed by atoms with Gasteiger partial charge in [-0.25, -0.2) is 0 Å². The Morgan fingerprint density at radius 1 is 1.25 bits per heavy atom. The molecule has 0 bridgehead atoms. The lowest BCUT2D eigenvalue weighted by Gasteiger charge is -2.34. The molecule has 3 aromatic rings. The Labute approximate surface area is 203 Å². The Morgan fingerprint density at radius 3 is 2.61 bits per heavy atom. The predicted molar refractivity (Wildman–Crippen MR) is 122 cm³/mol. The summed E-state index contributed by atoms with van der Waals surface area (Å²) in [6.45, 7) is 0.706. The molecule has 0 spiro atoms. The van der Waals surface area contributed by atoms with E-state index in [1.807, 2.05) is 6.07 Å². The molecule has 2 aromatic carbocycles. The number of hydrogen-bond acceptors (Lipinski definition) is 6. The number of rotatable bonds is 6. The van der Waals surface area contributed by atoms with E-state index < -0.39 is 24.6 Å². The topological polar surface area (TPSA) is 109 Å². The van der Waals surface area contributed by atoms with Crippen LogP contribution >= 0.6 is 0 Å². The lowest BCUT2D eigenvalue weighted by Crippen LogP contribution is -2.47. The summed E-state index contributed by atoms with van der Waals surface area (Å²) in [6, 6.07) is 11.7. The number of anilines is 2. The van der Waals surface area contributed by atoms with E-state index in [2.05, 4.69) is 10.4 Å². The van der Waals surface area contributed by atoms with E-state index >= 15 is 0 Å². The molecule has 0 aliphatic carbocycles. The number of carbonyl (C=O) groups is 2. The van der Waals surface area contributed by atoms with Crippen LogP contribution in [0.3, 0.4) is 0 Å². The Kier molecular flexibility index (Phi) is 6.57. The van der Waals surface area contributed by atoms with Gasteiger partial charge in [-0.1, -0.05) is 0 Å². The van der Waals surface area contributed by atoms with Crippen LogP contribution in [-0.4, -0.2) is 47.5 Å². The fourth-order valence-electron chi connectivity index (χ4n) is 3.86. The van der Waals surface area contributed by atoms with Crippen molar-refractivity contribution in [3.63, 3.8) is 0 Å². The summed E-state index contributed by atoms with van der Waals surface area (Å²) >= 11 is 0. The SMILES string of the molecule is COc1ccc(C(=O)Nc2cnn3c2C(=O)N(c2ccc(OCC(F)(F)F)cc2)[C@@H](C)C3)cc1C#N. The van der Waals surface area contributed by atoms with Gasteiger partial charge >= 0.3 is 6.18 Å². The number of carbonyl (C=O) groups excluding carboxylic acids is 2. The van der Waals surface area contributed by atoms with E-state index in [1.165, 1.54) is 65.4 Å². The summed E-state index contributed by atoms with van der Waals surface area (Å²) < 4.78 is 48.5. The number of nitrogens with one attached hydrogen (secondary N) is 1. The minimum absolute atomic E-state index is 0.0161. The molecular formula is C24H20F3N5O4. The smallest absolute Gasteiger partial charge is 0.422 e. The van der Waals surface area contributed by atoms with Crippen molar-refractivity contribution in [2.45, 2.75) is 25.7 Å². The Bertz CT molecular complexity index is 1350. The van der Waals surface area contributed by atoms with Crippen molar-refractivity contribution in [3.05, 3.63) is 65.5 Å². The van der Waals surface area contributed by atoms with Gasteiger partial charge < -0.3 is 19.7 Å². The van der Waals surface area contributed by atoms with Crippen LogP contribution in [0.5, 0.6) is 11.5 Å². The van der Waals surface area contributed by atoms with Crippen LogP contribution in [0, 0.1) is 11.3 Å². The number of aromatic nitrogens is 2. The number of fused-ring (bicyclic) bond motifs is 1. The highest BCUT2D eigenvalue weighted by Gasteiger charge is 2.35. The molecule has 1 atom stereocenters. The average Bonchev–Trinajstić information content (AvgIpc) is 3.24. The summed E-state index contributed by atoms with van der Waals surface area (Å²) in [6.07, 6.45) is -3.10. The lowest BCUT2D eigenvalue weighted by molar-refractivity contribution is -0.153. The van der Waals surface area contributed by atoms with Gasteiger partial charge in [0, 0.05) is 11.3 Å². The van der Waals surface area contributed by atoms with Gasteiger partial charge in [-0.15, -0.1) is 0 Å². The van der Waals surface area contributed by atoms with Crippen LogP contribution in [0.15, 0.2) is 48.7 Å². The first-order valence-corrected chi connectivity index (χ1v) is 10.7. The summed E-state index contributed by atoms with van der Waals surface area (Å²) in [7, 11) is 1.41. The highest BCUT2D eigenvalue weighted by atomic mass is 19.4. The quantitative estimate of drug-likeness (QED) is 0.549. The standard InChI is InChI=1S/C24H20F3N5O4/c1-14-12-31-21(23(34)32(14)17-4-6-18(7-5-17)36-13-24(25,26)27)19(11-29-31)30-22(33)15-3-8-20(35-2)16(9-15)10-28/h3-9,11,14H,12-13H2,1-2H3,(H,30,33)/t14-/m0/s1. The Balaban J connectivity index is 1.56. The number of amides is 2. The molecular weight excluding hydrogens is 479 g/mol. The molecule has 12 heteroatoms. The average molecular weight is 499 g/mol. The molecule has 0 fully saturated rings. The molecule has 9 nitrogen and oxygen atoms in total. The minimum atomic E-state index is -4.46. The van der Waals surface area contributed by atoms with Gasteiger partial charge in [-0.2, -0.15) is 23.5 Å². The number of benzene rings is 2. The van der Waals surface area contributed by atoms with Gasteiger partial charge in [0.25, 0.3) is 11.8 Å². The maximum Gasteiger partial charge on any atom is 0.422 e. The number of hydrogen-bond donors (Lipinski definition) is 1. The van der Waals surface area contributed by atoms with Gasteiger partial charge in [0.2, 0.25) is 0 Å². The molecule has 1 aliphatic heterocycles. The van der Waals surface area contributed by atoms with Gasteiger partial charge in [0.15, 0.2) is 6.61 Å². The summed E-state index contributed by atoms with van der Waals surface area (Å²) in [4.78, 5) is 27.7. The van der Waals surface area contributed by atoms with Crippen LogP contribution in [0.25, 0.3) is 0 Å². The second-order valence-electron chi connectivity index (χ2n) is 7.99. The van der Waals surface area contributed by atoms with Crippen molar-refractivity contribution in [2.24, 2.45) is 0 Å². The van der Waals surface area contributed by atoms with Gasteiger partial charge in [-0.3, -0.25) is 14.3 Å². The summed E-state index contributed by atoms with van der Waals surface area (Å²) in [5, 5.41) is 16.1. The first-order valence-electron chi connectivity index (χ1n) is 10.7. The van der Waals surface area contributed by atoms with Crippen molar-refractivity contribution in [1.29, 1.82) is 5.26 Å². The Hall–Kier alpha value is -4.53. The van der Waals surface area contributed by atoms with Crippen molar-refractivity contribution < 1.29 is 32.2 Å². The van der Waals surface area contributed by atoms with Gasteiger partial charge in [0.05, 0.1) is 37.1 Å². The Morgan fingerprint density at radius 2 is 1.97 bits per heavy atom. The zero-order valence-corrected chi connectivity index (χ0v) is 19.2. The number of methoxy groups -OCH3 is 1. The molecule has 186 valence electrons. The molecule has 0 saturated carbocycles. The van der Waals surface area contributed by atoms with Gasteiger partial charge in [0.1, 0.15) is 23.3 Å². The monoisotopic (exact) mass is 499 g/mol. The molecule has 1 N–H and O–H groups in total. The molecule has 2 amide bonds. The van der Waals surface area contributed by atoms with Crippen molar-refractivity contribution >= 4 is 23.2 Å². The van der Waals surface area contributed by atoms with Crippen LogP contribution in [-0.2, 0) is 6.54 Å². The molecule has 1 aliphatic rings. The number of alkyl halides is 3. The molecule has 2 heterocycles. The van der Waals surface area contributed by atoms with Gasteiger partial charge in [-0.05, 0) is 49.4 Å². The molecule has 0 saturated heterocycles. The van der Waals surface area contributed by atoms with E-state index in [1.54, 1.807) is 6.92 Å². The third-order valence-corrected chi connectivity index (χ3v) is 5.49. The maximum absolute atomic E-state index is 13.4. The van der Waals surface area contributed by atoms with E-state index in [4.69, 9.17) is 9.47 Å². The molecule has 36 heavy (non-hydrogen) atoms. The van der Waals surface area contributed by atoms with E-state index in [0.717, 1.165) is 0 Å². The second-order valence-corrected chi connectivity index (χ2v) is 7.99. The highest BCUT2D eigenvalue weighted by molar-refractivity contribution is 6.13. The first-order chi connectivity index (χ1) is 17.1. The zero-order valence-electron chi connectivity index (χ0n) is 19.2. The van der Waals surface area contributed by atoms with E-state index in [0.29, 0.717) is 18.0 Å². The van der Waals surface area contributed by atoms with E-state index in [-0.39, 0.29) is 34.3 Å². The summed E-state index contributed by atoms with van der Waals surface area (Å²) in [5.41, 5.74) is 1.15. The molecule has 0 unspecified atom stereocenters. The third kappa shape index (κ3) is 4.95. The normalized spacial score (nSPS) is 15.2. The second kappa shape index (κ2) is 9.61. The predicted octanol–water partition coefficient (Wildman–Crippen LogP) is 4.01. The molecule has 1 aromatic heterocycles. The largest absolute Gasteiger partial charge is 0.495 e. The van der Waals surface area contributed by atoms with Crippen molar-refractivity contribution in [2.75, 3.05) is 23.9 Å². The molecule has 0 radical (unpaired) electrons.